The Bertz CT molecular complexity index is 883. The number of nitrogens with two attached hydrogens (primary N) is 2. The number of phenols is 1. The van der Waals surface area contributed by atoms with Crippen LogP contribution in [0.5, 0.6) is 5.75 Å². The van der Waals surface area contributed by atoms with Crippen LogP contribution in [-0.4, -0.2) is 5.11 Å². The predicted octanol–water partition coefficient (Wildman–Crippen LogP) is 4.33. The van der Waals surface area contributed by atoms with Crippen LogP contribution >= 0.6 is 12.6 Å². The molecule has 5 nitrogen and oxygen atoms in total. The first-order chi connectivity index (χ1) is 11.5. The van der Waals surface area contributed by atoms with Gasteiger partial charge in [-0.3, -0.25) is 0 Å². The van der Waals surface area contributed by atoms with E-state index in [1.807, 2.05) is 30.3 Å². The zero-order chi connectivity index (χ0) is 17.1. The van der Waals surface area contributed by atoms with Crippen molar-refractivity contribution in [2.75, 3.05) is 22.1 Å². The number of hydrogen-bond donors (Lipinski definition) is 6. The Hall–Kier alpha value is -2.99. The lowest BCUT2D eigenvalue weighted by Gasteiger charge is -2.13. The van der Waals surface area contributed by atoms with Crippen LogP contribution in [0.1, 0.15) is 0 Å². The second-order valence-corrected chi connectivity index (χ2v) is 5.82. The minimum atomic E-state index is 0.134. The van der Waals surface area contributed by atoms with Crippen molar-refractivity contribution in [3.05, 3.63) is 60.7 Å². The van der Waals surface area contributed by atoms with Crippen LogP contribution in [0.3, 0.4) is 0 Å². The third-order valence-corrected chi connectivity index (χ3v) is 3.95. The molecule has 0 heterocycles. The molecule has 3 aromatic carbocycles. The Kier molecular flexibility index (Phi) is 4.39. The molecule has 0 saturated carbocycles. The molecule has 0 aliphatic heterocycles. The first-order valence-electron chi connectivity index (χ1n) is 7.33. The maximum absolute atomic E-state index is 10.1. The van der Waals surface area contributed by atoms with Gasteiger partial charge in [-0.2, -0.15) is 0 Å². The molecule has 0 unspecified atom stereocenters. The molecule has 6 heteroatoms. The van der Waals surface area contributed by atoms with E-state index in [1.54, 1.807) is 30.3 Å². The van der Waals surface area contributed by atoms with Crippen LogP contribution in [0.2, 0.25) is 0 Å². The first kappa shape index (κ1) is 15.9. The van der Waals surface area contributed by atoms with Crippen molar-refractivity contribution < 1.29 is 5.11 Å². The summed E-state index contributed by atoms with van der Waals surface area (Å²) in [6.07, 6.45) is 0. The molecular formula is C18H18N4OS. The van der Waals surface area contributed by atoms with Crippen LogP contribution in [0.15, 0.2) is 65.6 Å². The largest absolute Gasteiger partial charge is 0.506 e. The number of thiol groups is 1. The lowest BCUT2D eigenvalue weighted by atomic mass is 10.2. The number of benzene rings is 3. The zero-order valence-electron chi connectivity index (χ0n) is 12.8. The molecule has 0 spiro atoms. The highest BCUT2D eigenvalue weighted by Gasteiger charge is 2.06. The van der Waals surface area contributed by atoms with Crippen molar-refractivity contribution in [1.29, 1.82) is 0 Å². The fourth-order valence-electron chi connectivity index (χ4n) is 2.27. The lowest BCUT2D eigenvalue weighted by Crippen LogP contribution is -1.98. The smallest absolute Gasteiger partial charge is 0.139 e. The minimum Gasteiger partial charge on any atom is -0.506 e. The molecule has 24 heavy (non-hydrogen) atoms. The van der Waals surface area contributed by atoms with Crippen LogP contribution < -0.4 is 22.1 Å². The van der Waals surface area contributed by atoms with Gasteiger partial charge in [-0.05, 0) is 48.5 Å². The van der Waals surface area contributed by atoms with E-state index in [0.29, 0.717) is 22.0 Å². The maximum Gasteiger partial charge on any atom is 0.139 e. The summed E-state index contributed by atoms with van der Waals surface area (Å²) in [7, 11) is 0. The second-order valence-electron chi connectivity index (χ2n) is 5.34. The van der Waals surface area contributed by atoms with Crippen molar-refractivity contribution in [3.63, 3.8) is 0 Å². The topological polar surface area (TPSA) is 96.3 Å². The van der Waals surface area contributed by atoms with E-state index in [1.165, 1.54) is 0 Å². The van der Waals surface area contributed by atoms with Crippen molar-refractivity contribution in [2.45, 2.75) is 4.90 Å². The average Bonchev–Trinajstić information content (AvgIpc) is 2.56. The number of anilines is 6. The van der Waals surface area contributed by atoms with Gasteiger partial charge in [0.25, 0.3) is 0 Å². The summed E-state index contributed by atoms with van der Waals surface area (Å²) < 4.78 is 0. The van der Waals surface area contributed by atoms with Gasteiger partial charge in [-0.15, -0.1) is 12.6 Å². The zero-order valence-corrected chi connectivity index (χ0v) is 13.7. The number of hydrogen-bond acceptors (Lipinski definition) is 6. The highest BCUT2D eigenvalue weighted by molar-refractivity contribution is 7.80. The molecule has 0 radical (unpaired) electrons. The van der Waals surface area contributed by atoms with Crippen molar-refractivity contribution >= 4 is 46.8 Å². The highest BCUT2D eigenvalue weighted by atomic mass is 32.1. The van der Waals surface area contributed by atoms with Gasteiger partial charge in [0.2, 0.25) is 0 Å². The molecule has 0 aliphatic rings. The molecule has 0 aliphatic carbocycles. The molecule has 0 bridgehead atoms. The van der Waals surface area contributed by atoms with Gasteiger partial charge in [0, 0.05) is 22.0 Å². The number of nitrogens with one attached hydrogen (secondary N) is 2. The summed E-state index contributed by atoms with van der Waals surface area (Å²) in [5.41, 5.74) is 15.9. The molecule has 0 atom stereocenters. The Labute approximate surface area is 145 Å². The van der Waals surface area contributed by atoms with Crippen molar-refractivity contribution in [3.8, 4) is 5.75 Å². The monoisotopic (exact) mass is 338 g/mol. The third-order valence-electron chi connectivity index (χ3n) is 3.54. The molecule has 0 saturated heterocycles. The average molecular weight is 338 g/mol. The van der Waals surface area contributed by atoms with E-state index < -0.39 is 0 Å². The van der Waals surface area contributed by atoms with Crippen LogP contribution in [0, 0.1) is 0 Å². The summed E-state index contributed by atoms with van der Waals surface area (Å²) >= 11 is 4.25. The summed E-state index contributed by atoms with van der Waals surface area (Å²) in [6.45, 7) is 0. The predicted molar refractivity (Wildman–Crippen MR) is 104 cm³/mol. The summed E-state index contributed by atoms with van der Waals surface area (Å²) in [5, 5.41) is 16.5. The quantitative estimate of drug-likeness (QED) is 0.184. The first-order valence-corrected chi connectivity index (χ1v) is 7.78. The number of rotatable bonds is 4. The molecule has 0 fully saturated rings. The minimum absolute atomic E-state index is 0.134. The van der Waals surface area contributed by atoms with Gasteiger partial charge in [0.05, 0.1) is 17.1 Å². The summed E-state index contributed by atoms with van der Waals surface area (Å²) in [6, 6.07) is 18.1. The fourth-order valence-corrected chi connectivity index (χ4v) is 2.41. The molecule has 122 valence electrons. The van der Waals surface area contributed by atoms with Crippen LogP contribution in [-0.2, 0) is 0 Å². The Morgan fingerprint density at radius 2 is 1.42 bits per heavy atom. The van der Waals surface area contributed by atoms with E-state index >= 15 is 0 Å². The molecule has 0 amide bonds. The number of phenolic OH excluding ortho intramolecular Hbond substituents is 1. The van der Waals surface area contributed by atoms with Gasteiger partial charge < -0.3 is 27.2 Å². The summed E-state index contributed by atoms with van der Waals surface area (Å²) in [4.78, 5) is 0.708. The Balaban J connectivity index is 1.86. The molecule has 3 rings (SSSR count). The highest BCUT2D eigenvalue weighted by Crippen LogP contribution is 2.33. The number of nitrogen functional groups attached to an aromatic ring is 2. The van der Waals surface area contributed by atoms with E-state index in [-0.39, 0.29) is 5.75 Å². The van der Waals surface area contributed by atoms with E-state index in [2.05, 4.69) is 23.3 Å². The van der Waals surface area contributed by atoms with E-state index in [0.717, 1.165) is 17.1 Å². The molecule has 7 N–H and O–H groups in total. The SMILES string of the molecule is Nc1cc(Nc2cc(Nc3ccccc3N)ccc2O)ccc1S. The maximum atomic E-state index is 10.1. The number of aromatic hydroxyl groups is 1. The van der Waals surface area contributed by atoms with Crippen molar-refractivity contribution in [2.24, 2.45) is 0 Å². The van der Waals surface area contributed by atoms with E-state index in [4.69, 9.17) is 11.5 Å². The third kappa shape index (κ3) is 3.49. The van der Waals surface area contributed by atoms with Crippen LogP contribution in [0.25, 0.3) is 0 Å². The molecule has 0 aromatic heterocycles. The standard InChI is InChI=1S/C18H18N4OS/c19-13-3-1-2-4-15(13)21-12-5-7-17(23)16(10-12)22-11-6-8-18(24)14(20)9-11/h1-10,21-24H,19-20H2. The van der Waals surface area contributed by atoms with E-state index in [9.17, 15) is 5.11 Å². The van der Waals surface area contributed by atoms with Crippen LogP contribution in [0.4, 0.5) is 34.1 Å². The van der Waals surface area contributed by atoms with Gasteiger partial charge >= 0.3 is 0 Å². The van der Waals surface area contributed by atoms with Gasteiger partial charge in [0.1, 0.15) is 5.75 Å². The van der Waals surface area contributed by atoms with Gasteiger partial charge in [-0.1, -0.05) is 12.1 Å². The number of para-hydroxylation sites is 2. The molecule has 3 aromatic rings. The fraction of sp³-hybridized carbons (Fsp3) is 0. The Morgan fingerprint density at radius 3 is 2.17 bits per heavy atom. The normalized spacial score (nSPS) is 10.4. The molecular weight excluding hydrogens is 320 g/mol. The lowest BCUT2D eigenvalue weighted by molar-refractivity contribution is 0.478. The van der Waals surface area contributed by atoms with Gasteiger partial charge in [-0.25, -0.2) is 0 Å². The summed E-state index contributed by atoms with van der Waals surface area (Å²) in [5.74, 6) is 0.134. The van der Waals surface area contributed by atoms with Crippen molar-refractivity contribution in [1.82, 2.24) is 0 Å². The second kappa shape index (κ2) is 6.64. The Morgan fingerprint density at radius 1 is 0.750 bits per heavy atom. The van der Waals surface area contributed by atoms with Gasteiger partial charge in [0.15, 0.2) is 0 Å².